The number of nitrogen functional groups attached to an aromatic ring is 1. The summed E-state index contributed by atoms with van der Waals surface area (Å²) in [6.07, 6.45) is 1.30. The molecular weight excluding hydrogens is 246 g/mol. The zero-order valence-corrected chi connectivity index (χ0v) is 9.96. The molecule has 2 aromatic rings. The van der Waals surface area contributed by atoms with Gasteiger partial charge in [-0.05, 0) is 18.2 Å². The third kappa shape index (κ3) is 2.69. The zero-order valence-electron chi connectivity index (χ0n) is 9.96. The van der Waals surface area contributed by atoms with E-state index in [1.165, 1.54) is 17.0 Å². The van der Waals surface area contributed by atoms with E-state index in [0.717, 1.165) is 0 Å². The van der Waals surface area contributed by atoms with Gasteiger partial charge < -0.3 is 11.1 Å². The summed E-state index contributed by atoms with van der Waals surface area (Å²) in [5, 5.41) is 11.1. The summed E-state index contributed by atoms with van der Waals surface area (Å²) in [5.41, 5.74) is 6.25. The smallest absolute Gasteiger partial charge is 0.261 e. The fourth-order valence-electron chi connectivity index (χ4n) is 1.64. The number of nitrogens with two attached hydrogens (primary N) is 1. The van der Waals surface area contributed by atoms with E-state index >= 15 is 0 Å². The third-order valence-electron chi connectivity index (χ3n) is 2.53. The fourth-order valence-corrected chi connectivity index (χ4v) is 1.64. The van der Waals surface area contributed by atoms with Crippen molar-refractivity contribution in [3.05, 3.63) is 34.9 Å². The maximum Gasteiger partial charge on any atom is 0.261 e. The molecule has 0 unspecified atom stereocenters. The van der Waals surface area contributed by atoms with Crippen molar-refractivity contribution < 1.29 is 4.79 Å². The summed E-state index contributed by atoms with van der Waals surface area (Å²) >= 11 is 0. The molecule has 0 fully saturated rings. The molecule has 0 radical (unpaired) electrons. The van der Waals surface area contributed by atoms with Crippen molar-refractivity contribution in [1.29, 1.82) is 5.26 Å². The van der Waals surface area contributed by atoms with Crippen LogP contribution < -0.4 is 16.6 Å². The molecule has 1 aromatic carbocycles. The number of carbonyl (C=O) groups is 1. The molecule has 0 bridgehead atoms. The van der Waals surface area contributed by atoms with Crippen LogP contribution >= 0.6 is 0 Å². The van der Waals surface area contributed by atoms with Gasteiger partial charge in [-0.3, -0.25) is 14.2 Å². The number of benzene rings is 1. The summed E-state index contributed by atoms with van der Waals surface area (Å²) < 4.78 is 1.18. The second kappa shape index (κ2) is 5.18. The first-order valence-corrected chi connectivity index (χ1v) is 5.50. The van der Waals surface area contributed by atoms with Crippen LogP contribution in [-0.4, -0.2) is 22.0 Å². The Hall–Kier alpha value is -2.88. The molecule has 1 heterocycles. The number of amides is 1. The van der Waals surface area contributed by atoms with Crippen molar-refractivity contribution >= 4 is 22.5 Å². The molecule has 1 aromatic heterocycles. The zero-order chi connectivity index (χ0) is 13.8. The number of nitrogens with zero attached hydrogens (tertiary/aromatic N) is 3. The predicted octanol–water partition coefficient (Wildman–Crippen LogP) is -0.382. The highest BCUT2D eigenvalue weighted by Gasteiger charge is 2.07. The molecule has 0 aliphatic carbocycles. The van der Waals surface area contributed by atoms with E-state index in [1.54, 1.807) is 18.2 Å². The standard InChI is InChI=1S/C12H11N5O2/c13-3-4-15-11(18)6-17-7-16-10-2-1-8(14)5-9(10)12(17)19/h1-2,5,7H,4,6,14H2,(H,15,18). The molecule has 7 nitrogen and oxygen atoms in total. The lowest BCUT2D eigenvalue weighted by Crippen LogP contribution is -2.32. The van der Waals surface area contributed by atoms with E-state index in [0.29, 0.717) is 16.6 Å². The first-order valence-electron chi connectivity index (χ1n) is 5.50. The number of carbonyl (C=O) groups excluding carboxylic acids is 1. The van der Waals surface area contributed by atoms with E-state index in [2.05, 4.69) is 10.3 Å². The highest BCUT2D eigenvalue weighted by Crippen LogP contribution is 2.10. The van der Waals surface area contributed by atoms with Gasteiger partial charge in [0.15, 0.2) is 0 Å². The molecule has 0 atom stereocenters. The summed E-state index contributed by atoms with van der Waals surface area (Å²) in [6, 6.07) is 6.60. The average Bonchev–Trinajstić information content (AvgIpc) is 2.40. The molecule has 0 aliphatic rings. The SMILES string of the molecule is N#CCNC(=O)Cn1cnc2ccc(N)cc2c1=O. The fraction of sp³-hybridized carbons (Fsp3) is 0.167. The molecule has 7 heteroatoms. The number of rotatable bonds is 3. The van der Waals surface area contributed by atoms with Crippen molar-refractivity contribution in [2.24, 2.45) is 0 Å². The van der Waals surface area contributed by atoms with Gasteiger partial charge in [-0.2, -0.15) is 5.26 Å². The number of hydrogen-bond acceptors (Lipinski definition) is 5. The van der Waals surface area contributed by atoms with Gasteiger partial charge in [0, 0.05) is 5.69 Å². The van der Waals surface area contributed by atoms with Gasteiger partial charge >= 0.3 is 0 Å². The number of nitriles is 1. The highest BCUT2D eigenvalue weighted by atomic mass is 16.2. The van der Waals surface area contributed by atoms with Crippen molar-refractivity contribution in [3.63, 3.8) is 0 Å². The van der Waals surface area contributed by atoms with Gasteiger partial charge in [-0.1, -0.05) is 0 Å². The Morgan fingerprint density at radius 2 is 2.32 bits per heavy atom. The minimum Gasteiger partial charge on any atom is -0.399 e. The number of nitrogens with one attached hydrogen (secondary N) is 1. The summed E-state index contributed by atoms with van der Waals surface area (Å²) in [7, 11) is 0. The molecule has 3 N–H and O–H groups in total. The summed E-state index contributed by atoms with van der Waals surface area (Å²) in [5.74, 6) is -0.422. The topological polar surface area (TPSA) is 114 Å². The Kier molecular flexibility index (Phi) is 3.43. The summed E-state index contributed by atoms with van der Waals surface area (Å²) in [4.78, 5) is 27.6. The highest BCUT2D eigenvalue weighted by molar-refractivity contribution is 5.81. The molecule has 19 heavy (non-hydrogen) atoms. The molecule has 0 saturated carbocycles. The van der Waals surface area contributed by atoms with E-state index in [9.17, 15) is 9.59 Å². The Bertz CT molecular complexity index is 729. The average molecular weight is 257 g/mol. The van der Waals surface area contributed by atoms with Gasteiger partial charge in [0.1, 0.15) is 13.1 Å². The lowest BCUT2D eigenvalue weighted by atomic mass is 10.2. The molecule has 1 amide bonds. The number of aromatic nitrogens is 2. The van der Waals surface area contributed by atoms with Crippen LogP contribution in [0.2, 0.25) is 0 Å². The van der Waals surface area contributed by atoms with Gasteiger partial charge in [0.25, 0.3) is 5.56 Å². The van der Waals surface area contributed by atoms with Crippen LogP contribution in [0.5, 0.6) is 0 Å². The maximum atomic E-state index is 12.1. The first-order chi connectivity index (χ1) is 9.11. The van der Waals surface area contributed by atoms with E-state index < -0.39 is 5.91 Å². The van der Waals surface area contributed by atoms with E-state index in [4.69, 9.17) is 11.0 Å². The number of fused-ring (bicyclic) bond motifs is 1. The van der Waals surface area contributed by atoms with Crippen molar-refractivity contribution in [2.75, 3.05) is 12.3 Å². The van der Waals surface area contributed by atoms with Gasteiger partial charge in [-0.25, -0.2) is 4.98 Å². The summed E-state index contributed by atoms with van der Waals surface area (Å²) in [6.45, 7) is -0.278. The van der Waals surface area contributed by atoms with Gasteiger partial charge in [0.05, 0.1) is 23.3 Å². The first kappa shape index (κ1) is 12.6. The van der Waals surface area contributed by atoms with Gasteiger partial charge in [0.2, 0.25) is 5.91 Å². The Morgan fingerprint density at radius 1 is 1.53 bits per heavy atom. The molecule has 0 spiro atoms. The van der Waals surface area contributed by atoms with Crippen LogP contribution in [0.25, 0.3) is 10.9 Å². The second-order valence-electron chi connectivity index (χ2n) is 3.89. The normalized spacial score (nSPS) is 10.1. The maximum absolute atomic E-state index is 12.1. The van der Waals surface area contributed by atoms with Crippen LogP contribution in [0.3, 0.4) is 0 Å². The predicted molar refractivity (Wildman–Crippen MR) is 69.0 cm³/mol. The van der Waals surface area contributed by atoms with Gasteiger partial charge in [-0.15, -0.1) is 0 Å². The van der Waals surface area contributed by atoms with Crippen LogP contribution in [0.15, 0.2) is 29.3 Å². The Labute approximate surface area is 108 Å². The molecule has 0 aliphatic heterocycles. The second-order valence-corrected chi connectivity index (χ2v) is 3.89. The molecule has 0 saturated heterocycles. The largest absolute Gasteiger partial charge is 0.399 e. The van der Waals surface area contributed by atoms with Crippen LogP contribution in [-0.2, 0) is 11.3 Å². The van der Waals surface area contributed by atoms with Crippen LogP contribution in [0.4, 0.5) is 5.69 Å². The van der Waals surface area contributed by atoms with Crippen molar-refractivity contribution in [1.82, 2.24) is 14.9 Å². The quantitative estimate of drug-likeness (QED) is 0.574. The molecule has 96 valence electrons. The number of anilines is 1. The Balaban J connectivity index is 2.35. The third-order valence-corrected chi connectivity index (χ3v) is 2.53. The van der Waals surface area contributed by atoms with E-state index in [1.807, 2.05) is 0 Å². The Morgan fingerprint density at radius 3 is 3.05 bits per heavy atom. The van der Waals surface area contributed by atoms with Crippen molar-refractivity contribution in [3.8, 4) is 6.07 Å². The minimum absolute atomic E-state index is 0.0957. The molecular formula is C12H11N5O2. The lowest BCUT2D eigenvalue weighted by Gasteiger charge is -2.06. The van der Waals surface area contributed by atoms with Crippen molar-refractivity contribution in [2.45, 2.75) is 6.54 Å². The lowest BCUT2D eigenvalue weighted by molar-refractivity contribution is -0.121. The minimum atomic E-state index is -0.422. The number of hydrogen-bond donors (Lipinski definition) is 2. The van der Waals surface area contributed by atoms with Crippen LogP contribution in [0.1, 0.15) is 0 Å². The van der Waals surface area contributed by atoms with E-state index in [-0.39, 0.29) is 18.6 Å². The molecule has 2 rings (SSSR count). The monoisotopic (exact) mass is 257 g/mol. The van der Waals surface area contributed by atoms with Crippen LogP contribution in [0, 0.1) is 11.3 Å².